The van der Waals surface area contributed by atoms with Crippen molar-refractivity contribution >= 4 is 27.9 Å². The van der Waals surface area contributed by atoms with E-state index in [2.05, 4.69) is 17.2 Å². The largest absolute Gasteiger partial charge is 0.320 e. The predicted molar refractivity (Wildman–Crippen MR) is 97.7 cm³/mol. The van der Waals surface area contributed by atoms with Crippen LogP contribution in [0.1, 0.15) is 57.6 Å². The molecular formula is C18H25N3O2S. The van der Waals surface area contributed by atoms with Crippen LogP contribution in [0.15, 0.2) is 16.4 Å². The molecular weight excluding hydrogens is 322 g/mol. The molecule has 2 heterocycles. The molecule has 1 saturated carbocycles. The van der Waals surface area contributed by atoms with Crippen LogP contribution in [0.2, 0.25) is 0 Å². The SMILES string of the molecule is CCCCC1CCC(C(=O)Nc2c(C)nc3sccn3c2=O)CC1. The Morgan fingerprint density at radius 3 is 2.83 bits per heavy atom. The van der Waals surface area contributed by atoms with E-state index in [9.17, 15) is 9.59 Å². The third kappa shape index (κ3) is 3.53. The molecule has 6 heteroatoms. The number of anilines is 1. The first-order valence-corrected chi connectivity index (χ1v) is 9.75. The number of amides is 1. The summed E-state index contributed by atoms with van der Waals surface area (Å²) in [5.41, 5.74) is 0.722. The molecule has 2 aromatic heterocycles. The summed E-state index contributed by atoms with van der Waals surface area (Å²) in [6.07, 6.45) is 9.60. The van der Waals surface area contributed by atoms with Gasteiger partial charge in [-0.05, 0) is 38.5 Å². The number of unbranched alkanes of at least 4 members (excludes halogenated alkanes) is 1. The highest BCUT2D eigenvalue weighted by Gasteiger charge is 2.27. The molecule has 1 aliphatic carbocycles. The third-order valence-electron chi connectivity index (χ3n) is 5.08. The molecule has 0 unspecified atom stereocenters. The summed E-state index contributed by atoms with van der Waals surface area (Å²) in [5, 5.41) is 4.68. The predicted octanol–water partition coefficient (Wildman–Crippen LogP) is 4.00. The van der Waals surface area contributed by atoms with Crippen LogP contribution in [0.4, 0.5) is 5.69 Å². The maximum absolute atomic E-state index is 12.6. The molecule has 1 N–H and O–H groups in total. The average Bonchev–Trinajstić information content (AvgIpc) is 3.05. The molecule has 0 spiro atoms. The first-order valence-electron chi connectivity index (χ1n) is 8.87. The Kier molecular flexibility index (Phi) is 5.33. The minimum absolute atomic E-state index is 0.0184. The van der Waals surface area contributed by atoms with Gasteiger partial charge in [-0.15, -0.1) is 11.3 Å². The zero-order chi connectivity index (χ0) is 17.1. The Bertz CT molecular complexity index is 772. The van der Waals surface area contributed by atoms with E-state index in [1.807, 2.05) is 5.38 Å². The van der Waals surface area contributed by atoms with Gasteiger partial charge < -0.3 is 5.32 Å². The number of nitrogens with zero attached hydrogens (tertiary/aromatic N) is 2. The Morgan fingerprint density at radius 1 is 1.38 bits per heavy atom. The molecule has 0 atom stereocenters. The van der Waals surface area contributed by atoms with Crippen molar-refractivity contribution in [3.8, 4) is 0 Å². The van der Waals surface area contributed by atoms with E-state index >= 15 is 0 Å². The molecule has 1 fully saturated rings. The van der Waals surface area contributed by atoms with Crippen LogP contribution in [-0.4, -0.2) is 15.3 Å². The van der Waals surface area contributed by atoms with Gasteiger partial charge in [-0.25, -0.2) is 4.98 Å². The van der Waals surface area contributed by atoms with Crippen LogP contribution < -0.4 is 10.9 Å². The number of hydrogen-bond acceptors (Lipinski definition) is 4. The molecule has 2 aromatic rings. The number of rotatable bonds is 5. The second-order valence-electron chi connectivity index (χ2n) is 6.78. The Labute approximate surface area is 146 Å². The highest BCUT2D eigenvalue weighted by atomic mass is 32.1. The van der Waals surface area contributed by atoms with Crippen molar-refractivity contribution < 1.29 is 4.79 Å². The van der Waals surface area contributed by atoms with E-state index in [0.29, 0.717) is 16.3 Å². The monoisotopic (exact) mass is 347 g/mol. The molecule has 3 rings (SSSR count). The fourth-order valence-electron chi connectivity index (χ4n) is 3.56. The average molecular weight is 347 g/mol. The van der Waals surface area contributed by atoms with Gasteiger partial charge in [-0.1, -0.05) is 26.2 Å². The van der Waals surface area contributed by atoms with E-state index in [0.717, 1.165) is 31.6 Å². The van der Waals surface area contributed by atoms with E-state index < -0.39 is 0 Å². The number of aromatic nitrogens is 2. The zero-order valence-electron chi connectivity index (χ0n) is 14.4. The molecule has 0 aliphatic heterocycles. The van der Waals surface area contributed by atoms with E-state index in [4.69, 9.17) is 0 Å². The first-order chi connectivity index (χ1) is 11.6. The van der Waals surface area contributed by atoms with Gasteiger partial charge in [0.1, 0.15) is 5.69 Å². The van der Waals surface area contributed by atoms with Crippen molar-refractivity contribution in [1.82, 2.24) is 9.38 Å². The van der Waals surface area contributed by atoms with Gasteiger partial charge >= 0.3 is 0 Å². The quantitative estimate of drug-likeness (QED) is 0.889. The molecule has 5 nitrogen and oxygen atoms in total. The maximum Gasteiger partial charge on any atom is 0.282 e. The van der Waals surface area contributed by atoms with Crippen LogP contribution in [0, 0.1) is 18.8 Å². The summed E-state index contributed by atoms with van der Waals surface area (Å²) >= 11 is 1.42. The highest BCUT2D eigenvalue weighted by Crippen LogP contribution is 2.32. The molecule has 130 valence electrons. The van der Waals surface area contributed by atoms with E-state index in [-0.39, 0.29) is 17.4 Å². The van der Waals surface area contributed by atoms with Crippen LogP contribution >= 0.6 is 11.3 Å². The van der Waals surface area contributed by atoms with Gasteiger partial charge in [0.25, 0.3) is 5.56 Å². The Morgan fingerprint density at radius 2 is 2.12 bits per heavy atom. The second kappa shape index (κ2) is 7.47. The number of fused-ring (bicyclic) bond motifs is 1. The molecule has 1 amide bonds. The number of carbonyl (C=O) groups is 1. The number of carbonyl (C=O) groups excluding carboxylic acids is 1. The Balaban J connectivity index is 1.67. The van der Waals surface area contributed by atoms with Crippen molar-refractivity contribution in [2.75, 3.05) is 5.32 Å². The lowest BCUT2D eigenvalue weighted by molar-refractivity contribution is -0.121. The van der Waals surface area contributed by atoms with Gasteiger partial charge in [0.15, 0.2) is 4.96 Å². The number of hydrogen-bond donors (Lipinski definition) is 1. The van der Waals surface area contributed by atoms with Crippen molar-refractivity contribution in [2.24, 2.45) is 11.8 Å². The topological polar surface area (TPSA) is 63.5 Å². The fourth-order valence-corrected chi connectivity index (χ4v) is 4.31. The molecule has 0 bridgehead atoms. The lowest BCUT2D eigenvalue weighted by Gasteiger charge is -2.27. The lowest BCUT2D eigenvalue weighted by atomic mass is 9.79. The fraction of sp³-hybridized carbons (Fsp3) is 0.611. The standard InChI is InChI=1S/C18H25N3O2S/c1-3-4-5-13-6-8-14(9-7-13)16(22)20-15-12(2)19-18-21(17(15)23)10-11-24-18/h10-11,13-14H,3-9H2,1-2H3,(H,20,22). The van der Waals surface area contributed by atoms with Crippen LogP contribution in [0.25, 0.3) is 4.96 Å². The van der Waals surface area contributed by atoms with Crippen molar-refractivity contribution in [1.29, 1.82) is 0 Å². The lowest BCUT2D eigenvalue weighted by Crippen LogP contribution is -2.31. The summed E-state index contributed by atoms with van der Waals surface area (Å²) in [6.45, 7) is 4.00. The zero-order valence-corrected chi connectivity index (χ0v) is 15.2. The molecule has 0 saturated heterocycles. The molecule has 24 heavy (non-hydrogen) atoms. The number of thiazole rings is 1. The molecule has 0 aromatic carbocycles. The van der Waals surface area contributed by atoms with Crippen molar-refractivity contribution in [3.05, 3.63) is 27.6 Å². The summed E-state index contributed by atoms with van der Waals surface area (Å²) in [6, 6.07) is 0. The summed E-state index contributed by atoms with van der Waals surface area (Å²) < 4.78 is 1.49. The van der Waals surface area contributed by atoms with Gasteiger partial charge in [-0.3, -0.25) is 14.0 Å². The number of nitrogens with one attached hydrogen (secondary N) is 1. The van der Waals surface area contributed by atoms with Gasteiger partial charge in [0.2, 0.25) is 5.91 Å². The molecule has 0 radical (unpaired) electrons. The smallest absolute Gasteiger partial charge is 0.282 e. The van der Waals surface area contributed by atoms with Gasteiger partial charge in [0.05, 0.1) is 5.69 Å². The van der Waals surface area contributed by atoms with E-state index in [1.54, 1.807) is 13.1 Å². The van der Waals surface area contributed by atoms with Crippen LogP contribution in [0.3, 0.4) is 0 Å². The van der Waals surface area contributed by atoms with Gasteiger partial charge in [0, 0.05) is 17.5 Å². The maximum atomic E-state index is 12.6. The minimum atomic E-state index is -0.191. The Hall–Kier alpha value is -1.69. The summed E-state index contributed by atoms with van der Waals surface area (Å²) in [5.74, 6) is 0.760. The number of aryl methyl sites for hydroxylation is 1. The van der Waals surface area contributed by atoms with Crippen molar-refractivity contribution in [3.63, 3.8) is 0 Å². The normalized spacial score (nSPS) is 21.1. The van der Waals surface area contributed by atoms with Crippen molar-refractivity contribution in [2.45, 2.75) is 58.8 Å². The van der Waals surface area contributed by atoms with Crippen LogP contribution in [-0.2, 0) is 4.79 Å². The first kappa shape index (κ1) is 17.1. The second-order valence-corrected chi connectivity index (χ2v) is 7.66. The summed E-state index contributed by atoms with van der Waals surface area (Å²) in [7, 11) is 0. The third-order valence-corrected chi connectivity index (χ3v) is 5.84. The minimum Gasteiger partial charge on any atom is -0.320 e. The molecule has 1 aliphatic rings. The van der Waals surface area contributed by atoms with E-state index in [1.165, 1.54) is 35.0 Å². The summed E-state index contributed by atoms with van der Waals surface area (Å²) in [4.78, 5) is 30.2. The highest BCUT2D eigenvalue weighted by molar-refractivity contribution is 7.15. The van der Waals surface area contributed by atoms with Gasteiger partial charge in [-0.2, -0.15) is 0 Å². The van der Waals surface area contributed by atoms with Crippen LogP contribution in [0.5, 0.6) is 0 Å².